The molecule has 0 saturated carbocycles. The van der Waals surface area contributed by atoms with E-state index >= 15 is 0 Å². The first-order valence-electron chi connectivity index (χ1n) is 7.46. The molecule has 0 aliphatic carbocycles. The van der Waals surface area contributed by atoms with Crippen molar-refractivity contribution in [3.8, 4) is 0 Å². The lowest BCUT2D eigenvalue weighted by Crippen LogP contribution is -2.37. The summed E-state index contributed by atoms with van der Waals surface area (Å²) in [6.45, 7) is 4.03. The van der Waals surface area contributed by atoms with Crippen molar-refractivity contribution in [3.05, 3.63) is 63.9 Å². The van der Waals surface area contributed by atoms with Crippen LogP contribution in [-0.4, -0.2) is 24.9 Å². The zero-order valence-electron chi connectivity index (χ0n) is 13.5. The highest BCUT2D eigenvalue weighted by molar-refractivity contribution is 9.10. The quantitative estimate of drug-likeness (QED) is 0.843. The van der Waals surface area contributed by atoms with E-state index < -0.39 is 5.82 Å². The summed E-state index contributed by atoms with van der Waals surface area (Å²) < 4.78 is 14.1. The Kier molecular flexibility index (Phi) is 6.09. The molecule has 126 valence electrons. The smallest absolute Gasteiger partial charge is 0.251 e. The topological polar surface area (TPSA) is 49.4 Å². The number of halogens is 2. The Labute approximate surface area is 148 Å². The summed E-state index contributed by atoms with van der Waals surface area (Å²) >= 11 is 3.45. The third-order valence-electron chi connectivity index (χ3n) is 3.55. The van der Waals surface area contributed by atoms with Crippen molar-refractivity contribution < 1.29 is 14.0 Å². The summed E-state index contributed by atoms with van der Waals surface area (Å²) in [5.41, 5.74) is 2.07. The normalized spacial score (nSPS) is 10.3. The van der Waals surface area contributed by atoms with Crippen molar-refractivity contribution in [3.63, 3.8) is 0 Å². The zero-order valence-corrected chi connectivity index (χ0v) is 15.1. The van der Waals surface area contributed by atoms with Crippen molar-refractivity contribution in [1.82, 2.24) is 5.32 Å². The van der Waals surface area contributed by atoms with Gasteiger partial charge < -0.3 is 10.2 Å². The Morgan fingerprint density at radius 2 is 1.96 bits per heavy atom. The minimum Gasteiger partial charge on any atom is -0.350 e. The number of anilines is 1. The van der Waals surface area contributed by atoms with E-state index in [2.05, 4.69) is 21.2 Å². The number of benzene rings is 2. The van der Waals surface area contributed by atoms with Crippen LogP contribution in [-0.2, 0) is 4.79 Å². The highest BCUT2D eigenvalue weighted by Gasteiger charge is 2.13. The van der Waals surface area contributed by atoms with Crippen molar-refractivity contribution in [1.29, 1.82) is 0 Å². The monoisotopic (exact) mass is 392 g/mol. The number of aryl methyl sites for hydroxylation is 1. The molecule has 0 aliphatic rings. The molecule has 0 spiro atoms. The molecule has 0 fully saturated rings. The van der Waals surface area contributed by atoms with Gasteiger partial charge in [-0.15, -0.1) is 0 Å². The first-order valence-corrected chi connectivity index (χ1v) is 8.26. The van der Waals surface area contributed by atoms with E-state index in [4.69, 9.17) is 0 Å². The molecule has 0 atom stereocenters. The van der Waals surface area contributed by atoms with Crippen LogP contribution in [0.15, 0.2) is 46.9 Å². The maximum atomic E-state index is 13.1. The van der Waals surface area contributed by atoms with Crippen LogP contribution in [0.25, 0.3) is 0 Å². The molecule has 2 rings (SSSR count). The van der Waals surface area contributed by atoms with E-state index in [-0.39, 0.29) is 23.9 Å². The molecule has 0 bridgehead atoms. The second kappa shape index (κ2) is 8.06. The van der Waals surface area contributed by atoms with E-state index in [1.807, 2.05) is 25.1 Å². The molecule has 2 amide bonds. The standard InChI is InChI=1S/C18H18BrFN2O2/c1-12-6-7-16(11-17(12)19)22(13(2)23)9-8-21-18(24)14-4-3-5-15(20)10-14/h3-7,10-11H,8-9H2,1-2H3,(H,21,24). The molecular formula is C18H18BrFN2O2. The van der Waals surface area contributed by atoms with Crippen LogP contribution in [0.1, 0.15) is 22.8 Å². The largest absolute Gasteiger partial charge is 0.350 e. The van der Waals surface area contributed by atoms with Gasteiger partial charge in [-0.3, -0.25) is 9.59 Å². The maximum absolute atomic E-state index is 13.1. The fourth-order valence-electron chi connectivity index (χ4n) is 2.23. The van der Waals surface area contributed by atoms with Gasteiger partial charge in [0.2, 0.25) is 5.91 Å². The second-order valence-electron chi connectivity index (χ2n) is 5.37. The maximum Gasteiger partial charge on any atom is 0.251 e. The van der Waals surface area contributed by atoms with Gasteiger partial charge in [0, 0.05) is 35.7 Å². The average molecular weight is 393 g/mol. The number of nitrogens with zero attached hydrogens (tertiary/aromatic N) is 1. The van der Waals surface area contributed by atoms with E-state index in [1.54, 1.807) is 4.90 Å². The third-order valence-corrected chi connectivity index (χ3v) is 4.41. The second-order valence-corrected chi connectivity index (χ2v) is 6.22. The average Bonchev–Trinajstić information content (AvgIpc) is 2.54. The predicted octanol–water partition coefficient (Wildman–Crippen LogP) is 3.68. The van der Waals surface area contributed by atoms with Gasteiger partial charge in [0.15, 0.2) is 0 Å². The summed E-state index contributed by atoms with van der Waals surface area (Å²) in [6.07, 6.45) is 0. The first-order chi connectivity index (χ1) is 11.4. The number of carbonyl (C=O) groups excluding carboxylic acids is 2. The lowest BCUT2D eigenvalue weighted by molar-refractivity contribution is -0.116. The van der Waals surface area contributed by atoms with Gasteiger partial charge in [-0.25, -0.2) is 4.39 Å². The Balaban J connectivity index is 2.00. The number of rotatable bonds is 5. The molecule has 1 N–H and O–H groups in total. The first kappa shape index (κ1) is 18.1. The van der Waals surface area contributed by atoms with Crippen molar-refractivity contribution in [2.24, 2.45) is 0 Å². The van der Waals surface area contributed by atoms with Gasteiger partial charge in [-0.05, 0) is 42.8 Å². The summed E-state index contributed by atoms with van der Waals surface area (Å²) in [6, 6.07) is 11.1. The van der Waals surface area contributed by atoms with Crippen LogP contribution in [0, 0.1) is 12.7 Å². The van der Waals surface area contributed by atoms with Gasteiger partial charge in [0.25, 0.3) is 5.91 Å². The van der Waals surface area contributed by atoms with Gasteiger partial charge in [-0.2, -0.15) is 0 Å². The molecule has 0 unspecified atom stereocenters. The lowest BCUT2D eigenvalue weighted by atomic mass is 10.2. The van der Waals surface area contributed by atoms with Gasteiger partial charge in [0.05, 0.1) is 0 Å². The van der Waals surface area contributed by atoms with Crippen molar-refractivity contribution in [2.45, 2.75) is 13.8 Å². The summed E-state index contributed by atoms with van der Waals surface area (Å²) in [7, 11) is 0. The highest BCUT2D eigenvalue weighted by Crippen LogP contribution is 2.23. The Bertz CT molecular complexity index is 764. The fraction of sp³-hybridized carbons (Fsp3) is 0.222. The van der Waals surface area contributed by atoms with Gasteiger partial charge in [-0.1, -0.05) is 28.1 Å². The summed E-state index contributed by atoms with van der Waals surface area (Å²) in [5.74, 6) is -0.952. The number of amides is 2. The molecule has 0 heterocycles. The van der Waals surface area contributed by atoms with Crippen LogP contribution in [0.4, 0.5) is 10.1 Å². The molecule has 0 aromatic heterocycles. The lowest BCUT2D eigenvalue weighted by Gasteiger charge is -2.22. The van der Waals surface area contributed by atoms with E-state index in [0.29, 0.717) is 6.54 Å². The minimum atomic E-state index is -0.461. The molecule has 2 aromatic carbocycles. The van der Waals surface area contributed by atoms with Crippen LogP contribution in [0.2, 0.25) is 0 Å². The van der Waals surface area contributed by atoms with Crippen LogP contribution in [0.3, 0.4) is 0 Å². The molecule has 6 heteroatoms. The van der Waals surface area contributed by atoms with Gasteiger partial charge in [0.1, 0.15) is 5.82 Å². The molecule has 24 heavy (non-hydrogen) atoms. The molecule has 0 saturated heterocycles. The van der Waals surface area contributed by atoms with Crippen LogP contribution < -0.4 is 10.2 Å². The Morgan fingerprint density at radius 3 is 2.58 bits per heavy atom. The molecular weight excluding hydrogens is 375 g/mol. The Morgan fingerprint density at radius 1 is 1.21 bits per heavy atom. The zero-order chi connectivity index (χ0) is 17.7. The molecule has 4 nitrogen and oxygen atoms in total. The predicted molar refractivity (Wildman–Crippen MR) is 95.6 cm³/mol. The molecule has 2 aromatic rings. The number of hydrogen-bond acceptors (Lipinski definition) is 2. The number of hydrogen-bond donors (Lipinski definition) is 1. The third kappa shape index (κ3) is 4.64. The SMILES string of the molecule is CC(=O)N(CCNC(=O)c1cccc(F)c1)c1ccc(C)c(Br)c1. The van der Waals surface area contributed by atoms with Crippen molar-refractivity contribution in [2.75, 3.05) is 18.0 Å². The number of nitrogens with one attached hydrogen (secondary N) is 1. The minimum absolute atomic E-state index is 0.120. The van der Waals surface area contributed by atoms with E-state index in [1.165, 1.54) is 31.2 Å². The molecule has 0 radical (unpaired) electrons. The van der Waals surface area contributed by atoms with Crippen molar-refractivity contribution >= 4 is 33.4 Å². The van der Waals surface area contributed by atoms with Gasteiger partial charge >= 0.3 is 0 Å². The van der Waals surface area contributed by atoms with E-state index in [0.717, 1.165) is 15.7 Å². The fourth-order valence-corrected chi connectivity index (χ4v) is 2.60. The summed E-state index contributed by atoms with van der Waals surface area (Å²) in [4.78, 5) is 25.5. The van der Waals surface area contributed by atoms with Crippen LogP contribution in [0.5, 0.6) is 0 Å². The van der Waals surface area contributed by atoms with E-state index in [9.17, 15) is 14.0 Å². The number of carbonyl (C=O) groups is 2. The highest BCUT2D eigenvalue weighted by atomic mass is 79.9. The van der Waals surface area contributed by atoms with Crippen LogP contribution >= 0.6 is 15.9 Å². The summed E-state index contributed by atoms with van der Waals surface area (Å²) in [5, 5.41) is 2.70. The Hall–Kier alpha value is -2.21. The molecule has 0 aliphatic heterocycles.